The highest BCUT2D eigenvalue weighted by molar-refractivity contribution is 6.06. The molecular weight excluding hydrogens is 178 g/mol. The molecule has 3 heteroatoms. The van der Waals surface area contributed by atoms with Crippen LogP contribution in [0.2, 0.25) is 0 Å². The highest BCUT2D eigenvalue weighted by Gasteiger charge is 2.44. The van der Waals surface area contributed by atoms with E-state index in [0.29, 0.717) is 5.56 Å². The van der Waals surface area contributed by atoms with Crippen molar-refractivity contribution in [1.29, 1.82) is 0 Å². The number of carbonyl (C=O) groups excluding carboxylic acids is 1. The number of hydrogen-bond acceptors (Lipinski definition) is 2. The summed E-state index contributed by atoms with van der Waals surface area (Å²) in [6, 6.07) is 5.59. The second kappa shape index (κ2) is 2.58. The van der Waals surface area contributed by atoms with Crippen molar-refractivity contribution in [3.63, 3.8) is 0 Å². The Morgan fingerprint density at radius 1 is 1.43 bits per heavy atom. The third-order valence-corrected chi connectivity index (χ3v) is 2.82. The number of likely N-dealkylation sites (N-methyl/N-ethyl adjacent to an activating group) is 1. The summed E-state index contributed by atoms with van der Waals surface area (Å²) in [4.78, 5) is 13.2. The Hall–Kier alpha value is -1.35. The van der Waals surface area contributed by atoms with Crippen molar-refractivity contribution < 1.29 is 9.90 Å². The molecule has 1 unspecified atom stereocenters. The lowest BCUT2D eigenvalue weighted by Gasteiger charge is -2.15. The lowest BCUT2D eigenvalue weighted by Crippen LogP contribution is -2.35. The van der Waals surface area contributed by atoms with Gasteiger partial charge in [-0.2, -0.15) is 0 Å². The van der Waals surface area contributed by atoms with Crippen LogP contribution in [0.5, 0.6) is 0 Å². The molecule has 0 spiro atoms. The minimum absolute atomic E-state index is 0.262. The van der Waals surface area contributed by atoms with Gasteiger partial charge in [0.15, 0.2) is 5.60 Å². The molecule has 1 aromatic carbocycles. The number of para-hydroxylation sites is 1. The molecule has 0 fully saturated rings. The standard InChI is InChI=1S/C11H13NO2/c1-7-5-4-6-8-9(7)12(3)10(13)11(8,2)14/h4-6,14H,1-3H3. The molecule has 0 radical (unpaired) electrons. The monoisotopic (exact) mass is 191 g/mol. The zero-order valence-electron chi connectivity index (χ0n) is 8.53. The van der Waals surface area contributed by atoms with Crippen LogP contribution in [0.25, 0.3) is 0 Å². The molecule has 1 atom stereocenters. The van der Waals surface area contributed by atoms with Gasteiger partial charge in [-0.15, -0.1) is 0 Å². The fraction of sp³-hybridized carbons (Fsp3) is 0.364. The van der Waals surface area contributed by atoms with Gasteiger partial charge in [0.2, 0.25) is 0 Å². The summed E-state index contributed by atoms with van der Waals surface area (Å²) < 4.78 is 0. The molecule has 0 saturated carbocycles. The first-order valence-corrected chi connectivity index (χ1v) is 4.57. The van der Waals surface area contributed by atoms with E-state index in [4.69, 9.17) is 0 Å². The molecule has 3 nitrogen and oxygen atoms in total. The van der Waals surface area contributed by atoms with Crippen LogP contribution in [0.4, 0.5) is 5.69 Å². The molecule has 1 heterocycles. The van der Waals surface area contributed by atoms with E-state index >= 15 is 0 Å². The summed E-state index contributed by atoms with van der Waals surface area (Å²) in [5.41, 5.74) is 1.18. The average Bonchev–Trinajstić information content (AvgIpc) is 2.30. The lowest BCUT2D eigenvalue weighted by molar-refractivity contribution is -0.133. The largest absolute Gasteiger partial charge is 0.375 e. The fourth-order valence-electron chi connectivity index (χ4n) is 2.04. The van der Waals surface area contributed by atoms with Crippen molar-refractivity contribution >= 4 is 11.6 Å². The third kappa shape index (κ3) is 0.930. The predicted octanol–water partition coefficient (Wildman–Crippen LogP) is 1.18. The number of carbonyl (C=O) groups is 1. The van der Waals surface area contributed by atoms with E-state index < -0.39 is 5.60 Å². The molecule has 1 aliphatic rings. The van der Waals surface area contributed by atoms with Gasteiger partial charge in [0.1, 0.15) is 0 Å². The number of aliphatic hydroxyl groups is 1. The van der Waals surface area contributed by atoms with Crippen molar-refractivity contribution in [2.24, 2.45) is 0 Å². The molecule has 1 aliphatic heterocycles. The summed E-state index contributed by atoms with van der Waals surface area (Å²) >= 11 is 0. The van der Waals surface area contributed by atoms with Crippen molar-refractivity contribution in [3.05, 3.63) is 29.3 Å². The number of fused-ring (bicyclic) bond motifs is 1. The maximum absolute atomic E-state index is 11.7. The summed E-state index contributed by atoms with van der Waals surface area (Å²) in [5, 5.41) is 10.0. The number of hydrogen-bond donors (Lipinski definition) is 1. The van der Waals surface area contributed by atoms with Crippen LogP contribution < -0.4 is 4.90 Å². The predicted molar refractivity (Wildman–Crippen MR) is 54.2 cm³/mol. The lowest BCUT2D eigenvalue weighted by atomic mass is 9.96. The van der Waals surface area contributed by atoms with Gasteiger partial charge in [-0.05, 0) is 19.4 Å². The Morgan fingerprint density at radius 2 is 2.07 bits per heavy atom. The Morgan fingerprint density at radius 3 is 2.64 bits per heavy atom. The molecule has 0 saturated heterocycles. The van der Waals surface area contributed by atoms with Crippen LogP contribution in [-0.4, -0.2) is 18.1 Å². The molecule has 2 rings (SSSR count). The van der Waals surface area contributed by atoms with E-state index in [1.165, 1.54) is 11.8 Å². The normalized spacial score (nSPS) is 25.4. The highest BCUT2D eigenvalue weighted by atomic mass is 16.3. The zero-order valence-corrected chi connectivity index (χ0v) is 8.53. The molecule has 0 bridgehead atoms. The first kappa shape index (κ1) is 9.21. The van der Waals surface area contributed by atoms with Crippen LogP contribution >= 0.6 is 0 Å². The molecule has 0 aromatic heterocycles. The molecule has 0 aliphatic carbocycles. The minimum atomic E-state index is -1.36. The van der Waals surface area contributed by atoms with Gasteiger partial charge in [0.25, 0.3) is 5.91 Å². The number of amides is 1. The van der Waals surface area contributed by atoms with Gasteiger partial charge >= 0.3 is 0 Å². The van der Waals surface area contributed by atoms with Gasteiger partial charge < -0.3 is 10.0 Å². The Kier molecular flexibility index (Phi) is 1.70. The SMILES string of the molecule is Cc1cccc2c1N(C)C(=O)C2(C)O. The first-order chi connectivity index (χ1) is 6.46. The van der Waals surface area contributed by atoms with Crippen molar-refractivity contribution in [2.75, 3.05) is 11.9 Å². The first-order valence-electron chi connectivity index (χ1n) is 4.57. The topological polar surface area (TPSA) is 40.5 Å². The average molecular weight is 191 g/mol. The maximum atomic E-state index is 11.7. The quantitative estimate of drug-likeness (QED) is 0.669. The number of anilines is 1. The van der Waals surface area contributed by atoms with Gasteiger partial charge in [-0.25, -0.2) is 0 Å². The van der Waals surface area contributed by atoms with Crippen LogP contribution in [0.1, 0.15) is 18.1 Å². The van der Waals surface area contributed by atoms with Gasteiger partial charge in [-0.3, -0.25) is 4.79 Å². The third-order valence-electron chi connectivity index (χ3n) is 2.82. The Bertz CT molecular complexity index is 410. The van der Waals surface area contributed by atoms with Crippen LogP contribution in [0.15, 0.2) is 18.2 Å². The van der Waals surface area contributed by atoms with E-state index in [0.717, 1.165) is 11.3 Å². The molecule has 1 N–H and O–H groups in total. The van der Waals surface area contributed by atoms with E-state index in [-0.39, 0.29) is 5.91 Å². The second-order valence-electron chi connectivity index (χ2n) is 3.91. The van der Waals surface area contributed by atoms with Gasteiger partial charge in [0.05, 0.1) is 5.69 Å². The maximum Gasteiger partial charge on any atom is 0.263 e. The summed E-state index contributed by atoms with van der Waals surface area (Å²) in [5.74, 6) is -0.262. The van der Waals surface area contributed by atoms with Crippen LogP contribution in [0.3, 0.4) is 0 Å². The van der Waals surface area contributed by atoms with Crippen LogP contribution in [0, 0.1) is 6.92 Å². The summed E-state index contributed by atoms with van der Waals surface area (Å²) in [6.45, 7) is 3.47. The minimum Gasteiger partial charge on any atom is -0.375 e. The smallest absolute Gasteiger partial charge is 0.263 e. The second-order valence-corrected chi connectivity index (χ2v) is 3.91. The Labute approximate surface area is 83.0 Å². The molecule has 1 amide bonds. The summed E-state index contributed by atoms with van der Waals surface area (Å²) in [6.07, 6.45) is 0. The molecule has 14 heavy (non-hydrogen) atoms. The van der Waals surface area contributed by atoms with Crippen molar-refractivity contribution in [1.82, 2.24) is 0 Å². The van der Waals surface area contributed by atoms with E-state index in [9.17, 15) is 9.90 Å². The molecule has 74 valence electrons. The van der Waals surface area contributed by atoms with Gasteiger partial charge in [-0.1, -0.05) is 18.2 Å². The number of rotatable bonds is 0. The van der Waals surface area contributed by atoms with E-state index in [1.807, 2.05) is 19.1 Å². The highest BCUT2D eigenvalue weighted by Crippen LogP contribution is 2.40. The zero-order chi connectivity index (χ0) is 10.5. The number of nitrogens with zero attached hydrogens (tertiary/aromatic N) is 1. The summed E-state index contributed by atoms with van der Waals surface area (Å²) in [7, 11) is 1.69. The Balaban J connectivity index is 2.74. The molecular formula is C11H13NO2. The van der Waals surface area contributed by atoms with Gasteiger partial charge in [0, 0.05) is 12.6 Å². The van der Waals surface area contributed by atoms with E-state index in [1.54, 1.807) is 13.1 Å². The van der Waals surface area contributed by atoms with Crippen molar-refractivity contribution in [2.45, 2.75) is 19.4 Å². The molecule has 1 aromatic rings. The van der Waals surface area contributed by atoms with Crippen molar-refractivity contribution in [3.8, 4) is 0 Å². The fourth-order valence-corrected chi connectivity index (χ4v) is 2.04. The number of benzene rings is 1. The van der Waals surface area contributed by atoms with Crippen LogP contribution in [-0.2, 0) is 10.4 Å². The number of aryl methyl sites for hydroxylation is 1. The van der Waals surface area contributed by atoms with E-state index in [2.05, 4.69) is 0 Å².